The van der Waals surface area contributed by atoms with Crippen LogP contribution in [0.5, 0.6) is 0 Å². The molecule has 17 heavy (non-hydrogen) atoms. The maximum Gasteiger partial charge on any atom is 0.303 e. The second-order valence-electron chi connectivity index (χ2n) is 4.09. The van der Waals surface area contributed by atoms with Crippen molar-refractivity contribution in [3.8, 4) is 0 Å². The monoisotopic (exact) mass is 252 g/mol. The van der Waals surface area contributed by atoms with E-state index in [0.29, 0.717) is 0 Å². The highest BCUT2D eigenvalue weighted by atomic mass is 32.2. The molecule has 0 aliphatic heterocycles. The van der Waals surface area contributed by atoms with Gasteiger partial charge in [0.2, 0.25) is 0 Å². The van der Waals surface area contributed by atoms with Crippen molar-refractivity contribution in [2.24, 2.45) is 0 Å². The highest BCUT2D eigenvalue weighted by molar-refractivity contribution is 7.99. The molecule has 1 rings (SSSR count). The summed E-state index contributed by atoms with van der Waals surface area (Å²) in [5, 5.41) is 8.91. The zero-order valence-electron chi connectivity index (χ0n) is 10.5. The molecule has 0 aliphatic carbocycles. The van der Waals surface area contributed by atoms with Gasteiger partial charge in [-0.15, -0.1) is 11.8 Å². The molecule has 0 saturated heterocycles. The van der Waals surface area contributed by atoms with Crippen LogP contribution in [-0.2, 0) is 4.79 Å². The molecule has 0 fully saturated rings. The third kappa shape index (κ3) is 4.82. The third-order valence-electron chi connectivity index (χ3n) is 2.72. The predicted molar refractivity (Wildman–Crippen MR) is 72.7 cm³/mol. The molecular formula is C14H20O2S. The Morgan fingerprint density at radius 2 is 1.94 bits per heavy atom. The Morgan fingerprint density at radius 1 is 1.29 bits per heavy atom. The summed E-state index contributed by atoms with van der Waals surface area (Å²) in [4.78, 5) is 12.1. The summed E-state index contributed by atoms with van der Waals surface area (Å²) in [6.07, 6.45) is 2.18. The lowest BCUT2D eigenvalue weighted by atomic mass is 9.91. The van der Waals surface area contributed by atoms with Crippen LogP contribution in [0.2, 0.25) is 0 Å². The summed E-state index contributed by atoms with van der Waals surface area (Å²) in [6, 6.07) is 8.32. The summed E-state index contributed by atoms with van der Waals surface area (Å²) in [5.74, 6) is 0.501. The Morgan fingerprint density at radius 3 is 2.41 bits per heavy atom. The van der Waals surface area contributed by atoms with Gasteiger partial charge in [-0.1, -0.05) is 32.4 Å². The molecule has 1 unspecified atom stereocenters. The number of aliphatic carboxylic acids is 1. The maximum absolute atomic E-state index is 10.8. The van der Waals surface area contributed by atoms with E-state index < -0.39 is 5.97 Å². The van der Waals surface area contributed by atoms with Crippen molar-refractivity contribution in [3.63, 3.8) is 0 Å². The van der Waals surface area contributed by atoms with E-state index in [9.17, 15) is 4.79 Å². The van der Waals surface area contributed by atoms with Gasteiger partial charge in [0.1, 0.15) is 0 Å². The SMILES string of the molecule is CCCC(CC(=O)O)c1ccc(SCC)cc1. The topological polar surface area (TPSA) is 37.3 Å². The fourth-order valence-corrected chi connectivity index (χ4v) is 2.61. The minimum atomic E-state index is -0.713. The summed E-state index contributed by atoms with van der Waals surface area (Å²) < 4.78 is 0. The molecule has 1 N–H and O–H groups in total. The molecule has 2 nitrogen and oxygen atoms in total. The Hall–Kier alpha value is -0.960. The number of thioether (sulfide) groups is 1. The van der Waals surface area contributed by atoms with E-state index in [1.807, 2.05) is 0 Å². The van der Waals surface area contributed by atoms with Crippen LogP contribution in [0.4, 0.5) is 0 Å². The summed E-state index contributed by atoms with van der Waals surface area (Å²) in [7, 11) is 0. The quantitative estimate of drug-likeness (QED) is 0.740. The molecule has 1 aromatic carbocycles. The van der Waals surface area contributed by atoms with Crippen molar-refractivity contribution >= 4 is 17.7 Å². The largest absolute Gasteiger partial charge is 0.481 e. The zero-order valence-corrected chi connectivity index (χ0v) is 11.3. The highest BCUT2D eigenvalue weighted by Gasteiger charge is 2.14. The summed E-state index contributed by atoms with van der Waals surface area (Å²) >= 11 is 1.81. The average molecular weight is 252 g/mol. The van der Waals surface area contributed by atoms with Gasteiger partial charge in [0.05, 0.1) is 6.42 Å². The van der Waals surface area contributed by atoms with Crippen molar-refractivity contribution in [1.82, 2.24) is 0 Å². The molecule has 3 heteroatoms. The van der Waals surface area contributed by atoms with Gasteiger partial charge in [0.25, 0.3) is 0 Å². The minimum absolute atomic E-state index is 0.151. The molecule has 0 spiro atoms. The van der Waals surface area contributed by atoms with E-state index in [4.69, 9.17) is 5.11 Å². The van der Waals surface area contributed by atoms with Crippen molar-refractivity contribution in [2.45, 2.75) is 43.9 Å². The molecule has 0 amide bonds. The smallest absolute Gasteiger partial charge is 0.303 e. The van der Waals surface area contributed by atoms with Crippen LogP contribution in [0.1, 0.15) is 44.6 Å². The van der Waals surface area contributed by atoms with E-state index in [0.717, 1.165) is 24.2 Å². The van der Waals surface area contributed by atoms with Gasteiger partial charge in [-0.3, -0.25) is 4.79 Å². The Kier molecular flexibility index (Phi) is 6.12. The lowest BCUT2D eigenvalue weighted by molar-refractivity contribution is -0.137. The van der Waals surface area contributed by atoms with Crippen molar-refractivity contribution < 1.29 is 9.90 Å². The van der Waals surface area contributed by atoms with Gasteiger partial charge >= 0.3 is 5.97 Å². The Balaban J connectivity index is 2.75. The van der Waals surface area contributed by atoms with Crippen LogP contribution in [-0.4, -0.2) is 16.8 Å². The number of hydrogen-bond donors (Lipinski definition) is 1. The van der Waals surface area contributed by atoms with Crippen molar-refractivity contribution in [1.29, 1.82) is 0 Å². The van der Waals surface area contributed by atoms with Gasteiger partial charge in [-0.25, -0.2) is 0 Å². The van der Waals surface area contributed by atoms with Crippen LogP contribution < -0.4 is 0 Å². The number of benzene rings is 1. The molecule has 0 radical (unpaired) electrons. The van der Waals surface area contributed by atoms with Gasteiger partial charge in [0, 0.05) is 4.90 Å². The van der Waals surface area contributed by atoms with E-state index in [-0.39, 0.29) is 12.3 Å². The van der Waals surface area contributed by atoms with Gasteiger partial charge in [0.15, 0.2) is 0 Å². The number of carboxylic acids is 1. The standard InChI is InChI=1S/C14H20O2S/c1-3-5-12(10-14(15)16)11-6-8-13(9-7-11)17-4-2/h6-9,12H,3-5,10H2,1-2H3,(H,15,16). The Labute approximate surface area is 107 Å². The van der Waals surface area contributed by atoms with Crippen LogP contribution in [0.25, 0.3) is 0 Å². The molecular weight excluding hydrogens is 232 g/mol. The highest BCUT2D eigenvalue weighted by Crippen LogP contribution is 2.27. The van der Waals surface area contributed by atoms with E-state index >= 15 is 0 Å². The second-order valence-corrected chi connectivity index (χ2v) is 5.42. The zero-order chi connectivity index (χ0) is 12.7. The predicted octanol–water partition coefficient (Wildman–Crippen LogP) is 4.16. The third-order valence-corrected chi connectivity index (χ3v) is 3.61. The van der Waals surface area contributed by atoms with Crippen LogP contribution in [0.15, 0.2) is 29.2 Å². The first kappa shape index (κ1) is 14.1. The number of carboxylic acid groups (broad SMARTS) is 1. The van der Waals surface area contributed by atoms with Gasteiger partial charge in [-0.05, 0) is 35.8 Å². The minimum Gasteiger partial charge on any atom is -0.481 e. The lowest BCUT2D eigenvalue weighted by Gasteiger charge is -2.14. The van der Waals surface area contributed by atoms with Crippen LogP contribution in [0.3, 0.4) is 0 Å². The van der Waals surface area contributed by atoms with Crippen LogP contribution >= 0.6 is 11.8 Å². The fraction of sp³-hybridized carbons (Fsp3) is 0.500. The second kappa shape index (κ2) is 7.38. The first-order valence-corrected chi connectivity index (χ1v) is 7.10. The first-order valence-electron chi connectivity index (χ1n) is 6.11. The van der Waals surface area contributed by atoms with Crippen molar-refractivity contribution in [2.75, 3.05) is 5.75 Å². The summed E-state index contributed by atoms with van der Waals surface area (Å²) in [6.45, 7) is 4.22. The number of rotatable bonds is 7. The molecule has 1 atom stereocenters. The molecule has 0 saturated carbocycles. The molecule has 94 valence electrons. The first-order chi connectivity index (χ1) is 8.17. The normalized spacial score (nSPS) is 12.4. The average Bonchev–Trinajstić information content (AvgIpc) is 2.29. The molecule has 0 bridgehead atoms. The van der Waals surface area contributed by atoms with Crippen LogP contribution in [0, 0.1) is 0 Å². The molecule has 0 aliphatic rings. The molecule has 1 aromatic rings. The van der Waals surface area contributed by atoms with Gasteiger partial charge in [-0.2, -0.15) is 0 Å². The maximum atomic E-state index is 10.8. The lowest BCUT2D eigenvalue weighted by Crippen LogP contribution is -2.06. The van der Waals surface area contributed by atoms with E-state index in [1.165, 1.54) is 4.90 Å². The van der Waals surface area contributed by atoms with E-state index in [1.54, 1.807) is 11.8 Å². The molecule has 0 heterocycles. The number of hydrogen-bond acceptors (Lipinski definition) is 2. The summed E-state index contributed by atoms with van der Waals surface area (Å²) in [5.41, 5.74) is 1.15. The Bertz CT molecular complexity index is 346. The van der Waals surface area contributed by atoms with Gasteiger partial charge < -0.3 is 5.11 Å². The molecule has 0 aromatic heterocycles. The van der Waals surface area contributed by atoms with E-state index in [2.05, 4.69) is 38.1 Å². The number of carbonyl (C=O) groups is 1. The fourth-order valence-electron chi connectivity index (χ4n) is 1.95. The van der Waals surface area contributed by atoms with Crippen molar-refractivity contribution in [3.05, 3.63) is 29.8 Å².